The molecule has 0 heterocycles. The van der Waals surface area contributed by atoms with Gasteiger partial charge in [0.25, 0.3) is 0 Å². The molecule has 21 heavy (non-hydrogen) atoms. The molecule has 0 amide bonds. The van der Waals surface area contributed by atoms with Crippen molar-refractivity contribution < 1.29 is 5.11 Å². The van der Waals surface area contributed by atoms with Crippen LogP contribution in [0.4, 0.5) is 0 Å². The molecule has 0 saturated carbocycles. The van der Waals surface area contributed by atoms with Crippen LogP contribution in [0.2, 0.25) is 0 Å². The van der Waals surface area contributed by atoms with Crippen molar-refractivity contribution in [3.05, 3.63) is 35.9 Å². The van der Waals surface area contributed by atoms with Gasteiger partial charge in [-0.25, -0.2) is 0 Å². The van der Waals surface area contributed by atoms with E-state index in [1.807, 2.05) is 13.8 Å². The first-order valence-electron chi connectivity index (χ1n) is 8.02. The minimum atomic E-state index is -0.645. The largest absolute Gasteiger partial charge is 0.389 e. The van der Waals surface area contributed by atoms with E-state index in [9.17, 15) is 5.11 Å². The number of hydrogen-bond acceptors (Lipinski definition) is 3. The lowest BCUT2D eigenvalue weighted by molar-refractivity contribution is 0.0391. The minimum Gasteiger partial charge on any atom is -0.389 e. The van der Waals surface area contributed by atoms with Crippen molar-refractivity contribution >= 4 is 0 Å². The number of nitrogens with one attached hydrogen (secondary N) is 1. The summed E-state index contributed by atoms with van der Waals surface area (Å²) in [7, 11) is 2.08. The highest BCUT2D eigenvalue weighted by atomic mass is 16.3. The highest BCUT2D eigenvalue weighted by Crippen LogP contribution is 2.23. The lowest BCUT2D eigenvalue weighted by Crippen LogP contribution is -2.41. The van der Waals surface area contributed by atoms with Gasteiger partial charge < -0.3 is 15.3 Å². The predicted molar refractivity (Wildman–Crippen MR) is 90.4 cm³/mol. The number of rotatable bonds is 9. The van der Waals surface area contributed by atoms with Gasteiger partial charge in [-0.15, -0.1) is 0 Å². The summed E-state index contributed by atoms with van der Waals surface area (Å²) >= 11 is 0. The second-order valence-electron chi connectivity index (χ2n) is 6.83. The van der Waals surface area contributed by atoms with Crippen LogP contribution in [0, 0.1) is 5.92 Å². The standard InChI is InChI=1S/C18H32N2O/c1-6-12-19-17(16-10-8-7-9-11-16)15(2)13-20(5)14-18(3,4)21/h7-11,15,17,19,21H,6,12-14H2,1-5H3. The third-order valence-corrected chi connectivity index (χ3v) is 3.60. The molecule has 3 nitrogen and oxygen atoms in total. The van der Waals surface area contributed by atoms with E-state index >= 15 is 0 Å². The van der Waals surface area contributed by atoms with E-state index in [0.717, 1.165) is 19.5 Å². The molecule has 0 saturated heterocycles. The topological polar surface area (TPSA) is 35.5 Å². The molecule has 0 fully saturated rings. The molecule has 0 aliphatic rings. The maximum absolute atomic E-state index is 9.94. The maximum atomic E-state index is 9.94. The average Bonchev–Trinajstić information content (AvgIpc) is 2.38. The number of nitrogens with zero attached hydrogens (tertiary/aromatic N) is 1. The molecule has 3 heteroatoms. The molecule has 0 bridgehead atoms. The van der Waals surface area contributed by atoms with Crippen LogP contribution in [0.1, 0.15) is 45.7 Å². The Morgan fingerprint density at radius 1 is 1.24 bits per heavy atom. The van der Waals surface area contributed by atoms with Crippen LogP contribution in [-0.2, 0) is 0 Å². The summed E-state index contributed by atoms with van der Waals surface area (Å²) in [6.07, 6.45) is 1.13. The molecule has 0 aromatic heterocycles. The zero-order valence-electron chi connectivity index (χ0n) is 14.3. The fraction of sp³-hybridized carbons (Fsp3) is 0.667. The third-order valence-electron chi connectivity index (χ3n) is 3.60. The van der Waals surface area contributed by atoms with Crippen molar-refractivity contribution in [2.24, 2.45) is 5.92 Å². The molecule has 1 aromatic rings. The Labute approximate surface area is 130 Å². The first-order chi connectivity index (χ1) is 9.83. The Kier molecular flexibility index (Phi) is 7.36. The van der Waals surface area contributed by atoms with Gasteiger partial charge in [0.1, 0.15) is 0 Å². The van der Waals surface area contributed by atoms with Crippen LogP contribution >= 0.6 is 0 Å². The average molecular weight is 292 g/mol. The fourth-order valence-corrected chi connectivity index (χ4v) is 2.93. The molecule has 1 rings (SSSR count). The maximum Gasteiger partial charge on any atom is 0.0718 e. The van der Waals surface area contributed by atoms with Crippen LogP contribution < -0.4 is 5.32 Å². The van der Waals surface area contributed by atoms with Gasteiger partial charge in [-0.1, -0.05) is 44.2 Å². The van der Waals surface area contributed by atoms with Crippen molar-refractivity contribution in [3.8, 4) is 0 Å². The minimum absolute atomic E-state index is 0.357. The van der Waals surface area contributed by atoms with Crippen LogP contribution in [0.5, 0.6) is 0 Å². The van der Waals surface area contributed by atoms with E-state index in [-0.39, 0.29) is 0 Å². The van der Waals surface area contributed by atoms with Gasteiger partial charge >= 0.3 is 0 Å². The van der Waals surface area contributed by atoms with Gasteiger partial charge in [-0.2, -0.15) is 0 Å². The molecule has 0 aliphatic heterocycles. The lowest BCUT2D eigenvalue weighted by atomic mass is 9.93. The second-order valence-corrected chi connectivity index (χ2v) is 6.83. The van der Waals surface area contributed by atoms with Gasteiger partial charge in [0.05, 0.1) is 5.60 Å². The third kappa shape index (κ3) is 7.07. The molecule has 0 aliphatic carbocycles. The van der Waals surface area contributed by atoms with Crippen molar-refractivity contribution in [1.82, 2.24) is 10.2 Å². The summed E-state index contributed by atoms with van der Waals surface area (Å²) in [5.41, 5.74) is 0.697. The molecule has 2 N–H and O–H groups in total. The van der Waals surface area contributed by atoms with E-state index in [4.69, 9.17) is 0 Å². The zero-order chi connectivity index (χ0) is 15.9. The first-order valence-corrected chi connectivity index (χ1v) is 8.02. The smallest absolute Gasteiger partial charge is 0.0718 e. The predicted octanol–water partition coefficient (Wildman–Crippen LogP) is 3.07. The Bertz CT molecular complexity index is 386. The van der Waals surface area contributed by atoms with Gasteiger partial charge in [0, 0.05) is 19.1 Å². The van der Waals surface area contributed by atoms with E-state index in [2.05, 4.69) is 61.4 Å². The Morgan fingerprint density at radius 3 is 2.38 bits per heavy atom. The molecule has 2 unspecified atom stereocenters. The van der Waals surface area contributed by atoms with E-state index in [0.29, 0.717) is 18.5 Å². The Morgan fingerprint density at radius 2 is 1.86 bits per heavy atom. The number of hydrogen-bond donors (Lipinski definition) is 2. The number of benzene rings is 1. The lowest BCUT2D eigenvalue weighted by Gasteiger charge is -2.32. The molecule has 0 spiro atoms. The quantitative estimate of drug-likeness (QED) is 0.734. The Balaban J connectivity index is 2.69. The summed E-state index contributed by atoms with van der Waals surface area (Å²) in [5, 5.41) is 13.6. The molecular formula is C18H32N2O. The van der Waals surface area contributed by atoms with Crippen LogP contribution in [0.3, 0.4) is 0 Å². The van der Waals surface area contributed by atoms with Crippen molar-refractivity contribution in [1.29, 1.82) is 0 Å². The van der Waals surface area contributed by atoms with Crippen LogP contribution in [0.25, 0.3) is 0 Å². The van der Waals surface area contributed by atoms with Crippen molar-refractivity contribution in [2.45, 2.75) is 45.8 Å². The van der Waals surface area contributed by atoms with E-state index in [1.54, 1.807) is 0 Å². The molecule has 2 atom stereocenters. The monoisotopic (exact) mass is 292 g/mol. The molecule has 1 aromatic carbocycles. The van der Waals surface area contributed by atoms with Crippen LogP contribution in [0.15, 0.2) is 30.3 Å². The first kappa shape index (κ1) is 18.1. The molecular weight excluding hydrogens is 260 g/mol. The second kappa shape index (κ2) is 8.52. The van der Waals surface area contributed by atoms with Gasteiger partial charge in [0.2, 0.25) is 0 Å². The van der Waals surface area contributed by atoms with E-state index in [1.165, 1.54) is 5.56 Å². The van der Waals surface area contributed by atoms with Gasteiger partial charge in [-0.05, 0) is 45.3 Å². The fourth-order valence-electron chi connectivity index (χ4n) is 2.93. The summed E-state index contributed by atoms with van der Waals surface area (Å²) < 4.78 is 0. The Hall–Kier alpha value is -0.900. The van der Waals surface area contributed by atoms with Gasteiger partial charge in [-0.3, -0.25) is 0 Å². The summed E-state index contributed by atoms with van der Waals surface area (Å²) in [5.74, 6) is 0.478. The highest BCUT2D eigenvalue weighted by molar-refractivity contribution is 5.19. The van der Waals surface area contributed by atoms with Crippen molar-refractivity contribution in [3.63, 3.8) is 0 Å². The molecule has 0 radical (unpaired) electrons. The van der Waals surface area contributed by atoms with Gasteiger partial charge in [0.15, 0.2) is 0 Å². The number of aliphatic hydroxyl groups is 1. The van der Waals surface area contributed by atoms with Crippen molar-refractivity contribution in [2.75, 3.05) is 26.7 Å². The number of likely N-dealkylation sites (N-methyl/N-ethyl adjacent to an activating group) is 1. The summed E-state index contributed by atoms with van der Waals surface area (Å²) in [4.78, 5) is 2.22. The molecule has 120 valence electrons. The zero-order valence-corrected chi connectivity index (χ0v) is 14.3. The summed E-state index contributed by atoms with van der Waals surface area (Å²) in [6, 6.07) is 11.0. The van der Waals surface area contributed by atoms with Crippen LogP contribution in [-0.4, -0.2) is 42.3 Å². The normalized spacial score (nSPS) is 15.2. The summed E-state index contributed by atoms with van der Waals surface area (Å²) in [6.45, 7) is 10.9. The highest BCUT2D eigenvalue weighted by Gasteiger charge is 2.22. The van der Waals surface area contributed by atoms with E-state index < -0.39 is 5.60 Å². The SMILES string of the molecule is CCCNC(c1ccccc1)C(C)CN(C)CC(C)(C)O.